The molecule has 0 unspecified atom stereocenters. The number of rotatable bonds is 10. The Balaban J connectivity index is 1.93. The summed E-state index contributed by atoms with van der Waals surface area (Å²) >= 11 is 0. The third-order valence-electron chi connectivity index (χ3n) is 2.17. The van der Waals surface area contributed by atoms with Gasteiger partial charge in [-0.15, -0.1) is 0 Å². The van der Waals surface area contributed by atoms with Gasteiger partial charge in [0.1, 0.15) is 18.1 Å². The van der Waals surface area contributed by atoms with Crippen LogP contribution < -0.4 is 5.73 Å². The first-order valence-corrected chi connectivity index (χ1v) is 5.79. The van der Waals surface area contributed by atoms with Crippen LogP contribution in [0, 0.1) is 0 Å². The Hall–Kier alpha value is -0.880. The van der Waals surface area contributed by atoms with Crippen LogP contribution in [0.15, 0.2) is 16.5 Å². The van der Waals surface area contributed by atoms with E-state index in [9.17, 15) is 0 Å². The van der Waals surface area contributed by atoms with Crippen molar-refractivity contribution in [2.75, 3.05) is 33.5 Å². The van der Waals surface area contributed by atoms with Gasteiger partial charge in [-0.1, -0.05) is 0 Å². The van der Waals surface area contributed by atoms with Crippen molar-refractivity contribution in [1.29, 1.82) is 0 Å². The molecule has 0 spiro atoms. The molecule has 0 aromatic carbocycles. The fraction of sp³-hybridized carbons (Fsp3) is 0.667. The van der Waals surface area contributed by atoms with Gasteiger partial charge < -0.3 is 24.4 Å². The number of methoxy groups -OCH3 is 1. The standard InChI is InChI=1S/C12H21NO4/c1-14-7-8-15-5-2-6-16-10-12-4-3-11(9-13)17-12/h3-4H,2,5-10,13H2,1H3. The molecule has 1 aromatic rings. The Morgan fingerprint density at radius 2 is 1.82 bits per heavy atom. The molecule has 0 aliphatic carbocycles. The molecule has 5 nitrogen and oxygen atoms in total. The number of hydrogen-bond acceptors (Lipinski definition) is 5. The van der Waals surface area contributed by atoms with E-state index in [0.29, 0.717) is 39.6 Å². The van der Waals surface area contributed by atoms with Crippen LogP contribution in [0.25, 0.3) is 0 Å². The zero-order valence-electron chi connectivity index (χ0n) is 10.3. The highest BCUT2D eigenvalue weighted by atomic mass is 16.5. The monoisotopic (exact) mass is 243 g/mol. The zero-order chi connectivity index (χ0) is 12.3. The van der Waals surface area contributed by atoms with Gasteiger partial charge in [0.05, 0.1) is 19.8 Å². The quantitative estimate of drug-likeness (QED) is 0.627. The van der Waals surface area contributed by atoms with Crippen molar-refractivity contribution in [1.82, 2.24) is 0 Å². The average Bonchev–Trinajstić information content (AvgIpc) is 2.80. The lowest BCUT2D eigenvalue weighted by Gasteiger charge is -2.04. The summed E-state index contributed by atoms with van der Waals surface area (Å²) in [5, 5.41) is 0. The van der Waals surface area contributed by atoms with Crippen LogP contribution in [0.3, 0.4) is 0 Å². The number of nitrogens with two attached hydrogens (primary N) is 1. The molecule has 0 bridgehead atoms. The zero-order valence-corrected chi connectivity index (χ0v) is 10.3. The lowest BCUT2D eigenvalue weighted by Crippen LogP contribution is -2.05. The summed E-state index contributed by atoms with van der Waals surface area (Å²) in [6, 6.07) is 3.75. The number of ether oxygens (including phenoxy) is 3. The lowest BCUT2D eigenvalue weighted by molar-refractivity contribution is 0.0451. The van der Waals surface area contributed by atoms with E-state index < -0.39 is 0 Å². The first-order valence-electron chi connectivity index (χ1n) is 5.79. The van der Waals surface area contributed by atoms with E-state index in [-0.39, 0.29) is 0 Å². The molecule has 0 radical (unpaired) electrons. The fourth-order valence-corrected chi connectivity index (χ4v) is 1.29. The van der Waals surface area contributed by atoms with Crippen molar-refractivity contribution in [3.05, 3.63) is 23.7 Å². The molecule has 0 fully saturated rings. The Labute approximate surface area is 102 Å². The average molecular weight is 243 g/mol. The van der Waals surface area contributed by atoms with E-state index in [1.807, 2.05) is 12.1 Å². The van der Waals surface area contributed by atoms with Crippen LogP contribution in [0.1, 0.15) is 17.9 Å². The van der Waals surface area contributed by atoms with E-state index in [4.69, 9.17) is 24.4 Å². The summed E-state index contributed by atoms with van der Waals surface area (Å²) in [5.74, 6) is 1.59. The second-order valence-corrected chi connectivity index (χ2v) is 3.58. The van der Waals surface area contributed by atoms with Crippen LogP contribution in [0.5, 0.6) is 0 Å². The molecular weight excluding hydrogens is 222 g/mol. The summed E-state index contributed by atoms with van der Waals surface area (Å²) in [6.45, 7) is 3.52. The maximum absolute atomic E-state index is 5.44. The van der Waals surface area contributed by atoms with E-state index in [1.54, 1.807) is 7.11 Å². The fourth-order valence-electron chi connectivity index (χ4n) is 1.29. The Morgan fingerprint density at radius 1 is 1.06 bits per heavy atom. The van der Waals surface area contributed by atoms with Gasteiger partial charge in [-0.3, -0.25) is 0 Å². The summed E-state index contributed by atoms with van der Waals surface area (Å²) in [6.07, 6.45) is 0.869. The molecule has 0 amide bonds. The molecule has 0 saturated heterocycles. The Morgan fingerprint density at radius 3 is 2.53 bits per heavy atom. The second-order valence-electron chi connectivity index (χ2n) is 3.58. The molecule has 0 saturated carbocycles. The molecule has 0 aliphatic heterocycles. The van der Waals surface area contributed by atoms with Gasteiger partial charge in [0.25, 0.3) is 0 Å². The lowest BCUT2D eigenvalue weighted by atomic mass is 10.4. The Kier molecular flexibility index (Phi) is 7.66. The molecule has 1 rings (SSSR count). The van der Waals surface area contributed by atoms with Crippen molar-refractivity contribution in [3.63, 3.8) is 0 Å². The minimum atomic E-state index is 0.424. The predicted molar refractivity (Wildman–Crippen MR) is 63.6 cm³/mol. The SMILES string of the molecule is COCCOCCCOCc1ccc(CN)o1. The summed E-state index contributed by atoms with van der Waals surface area (Å²) in [4.78, 5) is 0. The van der Waals surface area contributed by atoms with Crippen molar-refractivity contribution in [2.45, 2.75) is 19.6 Å². The van der Waals surface area contributed by atoms with Gasteiger partial charge in [-0.05, 0) is 18.6 Å². The van der Waals surface area contributed by atoms with Gasteiger partial charge in [0.2, 0.25) is 0 Å². The topological polar surface area (TPSA) is 66.8 Å². The van der Waals surface area contributed by atoms with Crippen molar-refractivity contribution < 1.29 is 18.6 Å². The van der Waals surface area contributed by atoms with Crippen molar-refractivity contribution in [3.8, 4) is 0 Å². The normalized spacial score (nSPS) is 10.9. The van der Waals surface area contributed by atoms with E-state index in [2.05, 4.69) is 0 Å². The smallest absolute Gasteiger partial charge is 0.129 e. The van der Waals surface area contributed by atoms with Crippen LogP contribution in [0.2, 0.25) is 0 Å². The van der Waals surface area contributed by atoms with Gasteiger partial charge in [0.15, 0.2) is 0 Å². The summed E-state index contributed by atoms with van der Waals surface area (Å²) in [7, 11) is 1.66. The molecule has 17 heavy (non-hydrogen) atoms. The number of hydrogen-bond donors (Lipinski definition) is 1. The largest absolute Gasteiger partial charge is 0.462 e. The highest BCUT2D eigenvalue weighted by Crippen LogP contribution is 2.08. The number of furan rings is 1. The van der Waals surface area contributed by atoms with Gasteiger partial charge in [0, 0.05) is 20.3 Å². The third-order valence-corrected chi connectivity index (χ3v) is 2.17. The maximum atomic E-state index is 5.44. The first kappa shape index (κ1) is 14.2. The minimum absolute atomic E-state index is 0.424. The highest BCUT2D eigenvalue weighted by molar-refractivity contribution is 5.05. The van der Waals surface area contributed by atoms with E-state index in [1.165, 1.54) is 0 Å². The molecule has 0 aliphatic rings. The third kappa shape index (κ3) is 6.43. The van der Waals surface area contributed by atoms with E-state index >= 15 is 0 Å². The molecule has 2 N–H and O–H groups in total. The van der Waals surface area contributed by atoms with Crippen LogP contribution in [0.4, 0.5) is 0 Å². The van der Waals surface area contributed by atoms with E-state index in [0.717, 1.165) is 17.9 Å². The van der Waals surface area contributed by atoms with Gasteiger partial charge in [-0.25, -0.2) is 0 Å². The van der Waals surface area contributed by atoms with Crippen LogP contribution >= 0.6 is 0 Å². The highest BCUT2D eigenvalue weighted by Gasteiger charge is 2.00. The van der Waals surface area contributed by atoms with Gasteiger partial charge >= 0.3 is 0 Å². The van der Waals surface area contributed by atoms with Gasteiger partial charge in [-0.2, -0.15) is 0 Å². The first-order chi connectivity index (χ1) is 8.36. The molecule has 0 atom stereocenters. The van der Waals surface area contributed by atoms with Crippen molar-refractivity contribution in [2.24, 2.45) is 5.73 Å². The molecule has 98 valence electrons. The van der Waals surface area contributed by atoms with Crippen LogP contribution in [-0.4, -0.2) is 33.5 Å². The summed E-state index contributed by atoms with van der Waals surface area (Å²) in [5.41, 5.74) is 5.44. The van der Waals surface area contributed by atoms with Crippen LogP contribution in [-0.2, 0) is 27.4 Å². The maximum Gasteiger partial charge on any atom is 0.129 e. The van der Waals surface area contributed by atoms with Crippen molar-refractivity contribution >= 4 is 0 Å². The predicted octanol–water partition coefficient (Wildman–Crippen LogP) is 1.31. The Bertz CT molecular complexity index is 288. The molecular formula is C12H21NO4. The second kappa shape index (κ2) is 9.18. The summed E-state index contributed by atoms with van der Waals surface area (Å²) < 4.78 is 21.0. The molecule has 5 heteroatoms. The molecule has 1 heterocycles. The minimum Gasteiger partial charge on any atom is -0.462 e. The molecule has 1 aromatic heterocycles.